The molecule has 5 rings (SSSR count). The summed E-state index contributed by atoms with van der Waals surface area (Å²) in [6.45, 7) is 8.43. The Balaban J connectivity index is 1.65. The van der Waals surface area contributed by atoms with E-state index in [1.807, 2.05) is 13.8 Å². The number of unbranched alkanes of at least 4 members (excludes halogenated alkanes) is 2. The second-order valence-corrected chi connectivity index (χ2v) is 11.7. The van der Waals surface area contributed by atoms with Crippen molar-refractivity contribution in [1.29, 1.82) is 0 Å². The van der Waals surface area contributed by atoms with Gasteiger partial charge in [0.1, 0.15) is 22.5 Å². The standard InChI is InChI=1S/C33H36N2O8S/c1-6-8-9-14-42-24-13-10-20(17-25(24)41-7-2)27-26(28(36)21-11-12-23-22(16-21)15-18(3)43-23)29(37)31(38)35(27)33-34-19(4)30(44-33)32(39)40-5/h10-13,16-18,27,36H,6-9,14-15H2,1-5H3/b28-26+. The molecule has 1 fully saturated rings. The van der Waals surface area contributed by atoms with E-state index in [0.29, 0.717) is 48.0 Å². The number of rotatable bonds is 11. The van der Waals surface area contributed by atoms with Crippen molar-refractivity contribution in [3.05, 3.63) is 69.2 Å². The molecule has 1 saturated heterocycles. The number of carbonyl (C=O) groups is 3. The van der Waals surface area contributed by atoms with Crippen LogP contribution >= 0.6 is 11.3 Å². The number of aliphatic hydroxyl groups is 1. The monoisotopic (exact) mass is 620 g/mol. The van der Waals surface area contributed by atoms with Gasteiger partial charge in [-0.25, -0.2) is 9.78 Å². The van der Waals surface area contributed by atoms with Crippen molar-refractivity contribution in [1.82, 2.24) is 4.98 Å². The number of nitrogens with zero attached hydrogens (tertiary/aromatic N) is 2. The van der Waals surface area contributed by atoms with Crippen molar-refractivity contribution in [3.63, 3.8) is 0 Å². The topological polar surface area (TPSA) is 124 Å². The van der Waals surface area contributed by atoms with E-state index in [9.17, 15) is 19.5 Å². The lowest BCUT2D eigenvalue weighted by atomic mass is 9.94. The Hall–Kier alpha value is -4.38. The highest BCUT2D eigenvalue weighted by molar-refractivity contribution is 7.17. The number of hydrogen-bond acceptors (Lipinski definition) is 10. The summed E-state index contributed by atoms with van der Waals surface area (Å²) in [6, 6.07) is 9.34. The smallest absolute Gasteiger partial charge is 0.350 e. The Morgan fingerprint density at radius 1 is 1.11 bits per heavy atom. The number of aryl methyl sites for hydroxylation is 1. The number of Topliss-reactive ketones (excluding diaryl/α,β-unsaturated/α-hetero) is 1. The highest BCUT2D eigenvalue weighted by atomic mass is 32.1. The molecule has 1 aromatic heterocycles. The minimum absolute atomic E-state index is 0.00943. The third kappa shape index (κ3) is 5.88. The number of fused-ring (bicyclic) bond motifs is 1. The van der Waals surface area contributed by atoms with Gasteiger partial charge in [-0.05, 0) is 68.7 Å². The summed E-state index contributed by atoms with van der Waals surface area (Å²) >= 11 is 0.944. The number of aliphatic hydroxyl groups excluding tert-OH is 1. The summed E-state index contributed by atoms with van der Waals surface area (Å²) in [5, 5.41) is 11.8. The van der Waals surface area contributed by atoms with Crippen molar-refractivity contribution in [2.75, 3.05) is 25.2 Å². The average molecular weight is 621 g/mol. The van der Waals surface area contributed by atoms with Crippen molar-refractivity contribution >= 4 is 39.9 Å². The van der Waals surface area contributed by atoms with Crippen LogP contribution in [0.4, 0.5) is 5.13 Å². The van der Waals surface area contributed by atoms with Gasteiger partial charge in [-0.1, -0.05) is 37.2 Å². The highest BCUT2D eigenvalue weighted by Gasteiger charge is 2.49. The van der Waals surface area contributed by atoms with Crippen LogP contribution in [0.15, 0.2) is 42.0 Å². The lowest BCUT2D eigenvalue weighted by Gasteiger charge is -2.24. The maximum Gasteiger partial charge on any atom is 0.350 e. The molecule has 232 valence electrons. The fraction of sp³-hybridized carbons (Fsp3) is 0.394. The number of ether oxygens (including phenoxy) is 4. The van der Waals surface area contributed by atoms with E-state index in [4.69, 9.17) is 18.9 Å². The first-order valence-electron chi connectivity index (χ1n) is 14.7. The minimum atomic E-state index is -1.07. The molecule has 0 radical (unpaired) electrons. The van der Waals surface area contributed by atoms with E-state index in [1.54, 1.807) is 43.3 Å². The zero-order valence-electron chi connectivity index (χ0n) is 25.5. The zero-order valence-corrected chi connectivity index (χ0v) is 26.3. The third-order valence-electron chi connectivity index (χ3n) is 7.56. The van der Waals surface area contributed by atoms with Crippen molar-refractivity contribution in [2.45, 2.75) is 65.5 Å². The van der Waals surface area contributed by atoms with E-state index < -0.39 is 23.7 Å². The highest BCUT2D eigenvalue weighted by Crippen LogP contribution is 2.46. The first-order chi connectivity index (χ1) is 21.2. The largest absolute Gasteiger partial charge is 0.507 e. The van der Waals surface area contributed by atoms with Crippen LogP contribution in [-0.4, -0.2) is 54.2 Å². The van der Waals surface area contributed by atoms with Gasteiger partial charge < -0.3 is 24.1 Å². The third-order valence-corrected chi connectivity index (χ3v) is 8.70. The molecule has 0 saturated carbocycles. The summed E-state index contributed by atoms with van der Waals surface area (Å²) < 4.78 is 22.6. The van der Waals surface area contributed by atoms with Gasteiger partial charge in [0.25, 0.3) is 5.78 Å². The van der Waals surface area contributed by atoms with E-state index >= 15 is 0 Å². The summed E-state index contributed by atoms with van der Waals surface area (Å²) in [6.07, 6.45) is 3.62. The zero-order chi connectivity index (χ0) is 31.5. The van der Waals surface area contributed by atoms with Crippen LogP contribution in [-0.2, 0) is 20.7 Å². The molecule has 3 aromatic rings. The van der Waals surface area contributed by atoms with Gasteiger partial charge in [-0.15, -0.1) is 0 Å². The van der Waals surface area contributed by atoms with E-state index in [-0.39, 0.29) is 27.4 Å². The molecule has 2 aliphatic rings. The van der Waals surface area contributed by atoms with E-state index in [2.05, 4.69) is 11.9 Å². The maximum absolute atomic E-state index is 13.7. The van der Waals surface area contributed by atoms with Crippen LogP contribution in [0.5, 0.6) is 17.2 Å². The van der Waals surface area contributed by atoms with Gasteiger partial charge in [0, 0.05) is 12.0 Å². The fourth-order valence-corrected chi connectivity index (χ4v) is 6.47. The van der Waals surface area contributed by atoms with E-state index in [1.165, 1.54) is 12.0 Å². The van der Waals surface area contributed by atoms with Crippen molar-refractivity contribution in [2.24, 2.45) is 0 Å². The molecule has 0 spiro atoms. The van der Waals surface area contributed by atoms with Crippen LogP contribution in [0.25, 0.3) is 5.76 Å². The van der Waals surface area contributed by atoms with Crippen molar-refractivity contribution < 1.29 is 38.4 Å². The summed E-state index contributed by atoms with van der Waals surface area (Å²) in [5.41, 5.74) is 2.04. The lowest BCUT2D eigenvalue weighted by molar-refractivity contribution is -0.132. The van der Waals surface area contributed by atoms with Crippen LogP contribution in [0.1, 0.15) is 78.1 Å². The lowest BCUT2D eigenvalue weighted by Crippen LogP contribution is -2.29. The molecular formula is C33H36N2O8S. The molecule has 10 nitrogen and oxygen atoms in total. The van der Waals surface area contributed by atoms with Crippen LogP contribution in [0.2, 0.25) is 0 Å². The Kier molecular flexibility index (Phi) is 9.24. The summed E-state index contributed by atoms with van der Waals surface area (Å²) in [7, 11) is 1.26. The van der Waals surface area contributed by atoms with Crippen LogP contribution < -0.4 is 19.1 Å². The average Bonchev–Trinajstić information content (AvgIpc) is 3.66. The molecule has 0 aliphatic carbocycles. The number of ketones is 1. The molecule has 0 bridgehead atoms. The SMILES string of the molecule is CCCCCOc1ccc(C2/C(=C(\O)c3ccc4c(c3)CC(C)O4)C(=O)C(=O)N2c2nc(C)c(C(=O)OC)s2)cc1OCC. The minimum Gasteiger partial charge on any atom is -0.507 e. The first kappa shape index (κ1) is 31.1. The Morgan fingerprint density at radius 2 is 1.91 bits per heavy atom. The predicted molar refractivity (Wildman–Crippen MR) is 166 cm³/mol. The molecular weight excluding hydrogens is 584 g/mol. The second-order valence-electron chi connectivity index (χ2n) is 10.7. The predicted octanol–water partition coefficient (Wildman–Crippen LogP) is 6.16. The molecule has 1 N–H and O–H groups in total. The summed E-state index contributed by atoms with van der Waals surface area (Å²) in [4.78, 5) is 45.8. The molecule has 3 heterocycles. The normalized spacial score (nSPS) is 18.7. The number of amides is 1. The molecule has 2 unspecified atom stereocenters. The molecule has 2 atom stereocenters. The first-order valence-corrected chi connectivity index (χ1v) is 15.6. The van der Waals surface area contributed by atoms with Gasteiger partial charge in [-0.3, -0.25) is 14.5 Å². The van der Waals surface area contributed by atoms with Gasteiger partial charge in [-0.2, -0.15) is 0 Å². The number of thiazole rings is 1. The number of methoxy groups -OCH3 is 1. The number of hydrogen-bond donors (Lipinski definition) is 1. The van der Waals surface area contributed by atoms with Gasteiger partial charge >= 0.3 is 11.9 Å². The van der Waals surface area contributed by atoms with Gasteiger partial charge in [0.05, 0.1) is 37.6 Å². The maximum atomic E-state index is 13.7. The Morgan fingerprint density at radius 3 is 2.64 bits per heavy atom. The second kappa shape index (κ2) is 13.1. The van der Waals surface area contributed by atoms with Crippen LogP contribution in [0.3, 0.4) is 0 Å². The molecule has 1 amide bonds. The molecule has 44 heavy (non-hydrogen) atoms. The fourth-order valence-electron chi connectivity index (χ4n) is 5.45. The number of esters is 1. The molecule has 11 heteroatoms. The number of benzene rings is 2. The number of aromatic nitrogens is 1. The molecule has 2 aliphatic heterocycles. The number of anilines is 1. The van der Waals surface area contributed by atoms with Gasteiger partial charge in [0.2, 0.25) is 0 Å². The van der Waals surface area contributed by atoms with Crippen molar-refractivity contribution in [3.8, 4) is 17.2 Å². The Labute approximate surface area is 260 Å². The Bertz CT molecular complexity index is 1630. The quantitative estimate of drug-likeness (QED) is 0.0883. The van der Waals surface area contributed by atoms with E-state index in [0.717, 1.165) is 41.9 Å². The molecule has 2 aromatic carbocycles. The number of carbonyl (C=O) groups excluding carboxylic acids is 3. The van der Waals surface area contributed by atoms with Gasteiger partial charge in [0.15, 0.2) is 16.6 Å². The van der Waals surface area contributed by atoms with Crippen LogP contribution in [0, 0.1) is 6.92 Å². The summed E-state index contributed by atoms with van der Waals surface area (Å²) in [5.74, 6) is -0.971.